The number of fused-ring (bicyclic) bond motifs is 3. The lowest BCUT2D eigenvalue weighted by molar-refractivity contribution is 0.0599. The first-order valence-electron chi connectivity index (χ1n) is 10.3. The molecule has 2 atom stereocenters. The van der Waals surface area contributed by atoms with Gasteiger partial charge in [-0.25, -0.2) is 23.7 Å². The van der Waals surface area contributed by atoms with E-state index >= 15 is 0 Å². The zero-order chi connectivity index (χ0) is 23.3. The Kier molecular flexibility index (Phi) is 4.85. The first-order valence-corrected chi connectivity index (χ1v) is 10.3. The van der Waals surface area contributed by atoms with Crippen LogP contribution in [0.4, 0.5) is 14.7 Å². The van der Waals surface area contributed by atoms with Crippen LogP contribution in [-0.2, 0) is 0 Å². The fraction of sp³-hybridized carbons (Fsp3) is 0.273. The van der Waals surface area contributed by atoms with E-state index < -0.39 is 11.6 Å². The SMILES string of the molecule is C[C@H]1CC[C@@H](c2nc3c4cc(F)cc(F)c4nc(N)n3n2)CN1C(=O)c1ncccc1C#N. The van der Waals surface area contributed by atoms with Crippen LogP contribution in [0.1, 0.15) is 47.6 Å². The van der Waals surface area contributed by atoms with Gasteiger partial charge in [0.1, 0.15) is 23.1 Å². The van der Waals surface area contributed by atoms with Crippen LogP contribution in [0, 0.1) is 23.0 Å². The molecule has 4 heterocycles. The number of nitrogens with two attached hydrogens (primary N) is 1. The lowest BCUT2D eigenvalue weighted by atomic mass is 9.92. The zero-order valence-electron chi connectivity index (χ0n) is 17.5. The number of piperidine rings is 1. The van der Waals surface area contributed by atoms with Crippen molar-refractivity contribution in [1.82, 2.24) is 29.5 Å². The molecule has 33 heavy (non-hydrogen) atoms. The number of anilines is 1. The lowest BCUT2D eigenvalue weighted by Gasteiger charge is -2.37. The number of benzene rings is 1. The molecule has 0 bridgehead atoms. The fourth-order valence-electron chi connectivity index (χ4n) is 4.25. The van der Waals surface area contributed by atoms with Gasteiger partial charge < -0.3 is 10.6 Å². The molecule has 0 saturated carbocycles. The van der Waals surface area contributed by atoms with Crippen molar-refractivity contribution in [3.05, 3.63) is 59.2 Å². The largest absolute Gasteiger partial charge is 0.368 e. The minimum atomic E-state index is -0.837. The van der Waals surface area contributed by atoms with E-state index in [0.29, 0.717) is 25.2 Å². The van der Waals surface area contributed by atoms with Gasteiger partial charge in [0.15, 0.2) is 17.3 Å². The second-order valence-electron chi connectivity index (χ2n) is 8.05. The minimum Gasteiger partial charge on any atom is -0.368 e. The molecule has 1 aromatic carbocycles. The number of nitriles is 1. The molecule has 5 rings (SSSR count). The number of hydrogen-bond acceptors (Lipinski definition) is 7. The number of nitrogens with zero attached hydrogens (tertiary/aromatic N) is 7. The summed E-state index contributed by atoms with van der Waals surface area (Å²) in [5.41, 5.74) is 6.37. The van der Waals surface area contributed by atoms with E-state index in [2.05, 4.69) is 20.1 Å². The van der Waals surface area contributed by atoms with Gasteiger partial charge in [0.2, 0.25) is 5.95 Å². The van der Waals surface area contributed by atoms with Crippen LogP contribution in [0.25, 0.3) is 16.6 Å². The molecule has 0 aliphatic carbocycles. The van der Waals surface area contributed by atoms with Crippen molar-refractivity contribution < 1.29 is 13.6 Å². The summed E-state index contributed by atoms with van der Waals surface area (Å²) >= 11 is 0. The second-order valence-corrected chi connectivity index (χ2v) is 8.05. The van der Waals surface area contributed by atoms with Crippen LogP contribution in [0.3, 0.4) is 0 Å². The van der Waals surface area contributed by atoms with E-state index in [4.69, 9.17) is 5.73 Å². The van der Waals surface area contributed by atoms with Crippen molar-refractivity contribution in [2.75, 3.05) is 12.3 Å². The van der Waals surface area contributed by atoms with Crippen molar-refractivity contribution >= 4 is 28.4 Å². The summed E-state index contributed by atoms with van der Waals surface area (Å²) in [6.07, 6.45) is 2.85. The summed E-state index contributed by atoms with van der Waals surface area (Å²) in [6.45, 7) is 2.23. The lowest BCUT2D eigenvalue weighted by Crippen LogP contribution is -2.45. The van der Waals surface area contributed by atoms with Crippen LogP contribution in [0.5, 0.6) is 0 Å². The predicted molar refractivity (Wildman–Crippen MR) is 114 cm³/mol. The molecule has 9 nitrogen and oxygen atoms in total. The summed E-state index contributed by atoms with van der Waals surface area (Å²) in [5, 5.41) is 13.9. The molecule has 1 saturated heterocycles. The number of halogens is 2. The third kappa shape index (κ3) is 3.40. The monoisotopic (exact) mass is 448 g/mol. The van der Waals surface area contributed by atoms with E-state index in [1.807, 2.05) is 13.0 Å². The molecule has 1 aliphatic rings. The number of carbonyl (C=O) groups is 1. The molecule has 3 aromatic heterocycles. The van der Waals surface area contributed by atoms with E-state index in [-0.39, 0.29) is 51.6 Å². The van der Waals surface area contributed by atoms with Crippen LogP contribution < -0.4 is 5.73 Å². The molecular formula is C22H18F2N8O. The quantitative estimate of drug-likeness (QED) is 0.500. The van der Waals surface area contributed by atoms with Gasteiger partial charge in [0, 0.05) is 30.8 Å². The van der Waals surface area contributed by atoms with Gasteiger partial charge >= 0.3 is 0 Å². The van der Waals surface area contributed by atoms with E-state index in [9.17, 15) is 18.8 Å². The van der Waals surface area contributed by atoms with Crippen molar-refractivity contribution in [3.63, 3.8) is 0 Å². The molecule has 1 aliphatic heterocycles. The molecule has 166 valence electrons. The van der Waals surface area contributed by atoms with Gasteiger partial charge in [-0.2, -0.15) is 9.78 Å². The average Bonchev–Trinajstić information content (AvgIpc) is 3.26. The number of nitrogen functional groups attached to an aromatic ring is 1. The second kappa shape index (κ2) is 7.74. The van der Waals surface area contributed by atoms with E-state index in [1.165, 1.54) is 10.7 Å². The molecule has 2 N–H and O–H groups in total. The molecule has 1 amide bonds. The highest BCUT2D eigenvalue weighted by Gasteiger charge is 2.34. The first-order chi connectivity index (χ1) is 15.9. The highest BCUT2D eigenvalue weighted by atomic mass is 19.1. The van der Waals surface area contributed by atoms with Gasteiger partial charge in [-0.1, -0.05) is 0 Å². The Hall–Kier alpha value is -4.20. The number of pyridine rings is 1. The number of likely N-dealkylation sites (tertiary alicyclic amines) is 1. The summed E-state index contributed by atoms with van der Waals surface area (Å²) in [6, 6.07) is 6.96. The molecular weight excluding hydrogens is 430 g/mol. The maximum Gasteiger partial charge on any atom is 0.274 e. The van der Waals surface area contributed by atoms with Gasteiger partial charge in [-0.15, -0.1) is 5.10 Å². The predicted octanol–water partition coefficient (Wildman–Crippen LogP) is 2.81. The smallest absolute Gasteiger partial charge is 0.274 e. The average molecular weight is 448 g/mol. The Bertz CT molecular complexity index is 1460. The normalized spacial score (nSPS) is 18.5. The summed E-state index contributed by atoms with van der Waals surface area (Å²) < 4.78 is 29.4. The Morgan fingerprint density at radius 3 is 2.88 bits per heavy atom. The van der Waals surface area contributed by atoms with Crippen LogP contribution in [-0.4, -0.2) is 48.0 Å². The van der Waals surface area contributed by atoms with E-state index in [0.717, 1.165) is 12.1 Å². The maximum absolute atomic E-state index is 14.2. The number of aromatic nitrogens is 5. The number of carbonyl (C=O) groups excluding carboxylic acids is 1. The molecule has 0 unspecified atom stereocenters. The van der Waals surface area contributed by atoms with Crippen LogP contribution >= 0.6 is 0 Å². The van der Waals surface area contributed by atoms with Gasteiger partial charge in [0.25, 0.3) is 5.91 Å². The molecule has 0 spiro atoms. The van der Waals surface area contributed by atoms with Crippen molar-refractivity contribution in [1.29, 1.82) is 5.26 Å². The highest BCUT2D eigenvalue weighted by molar-refractivity contribution is 5.95. The van der Waals surface area contributed by atoms with Crippen LogP contribution in [0.2, 0.25) is 0 Å². The zero-order valence-corrected chi connectivity index (χ0v) is 17.5. The van der Waals surface area contributed by atoms with Gasteiger partial charge in [-0.05, 0) is 38.0 Å². The van der Waals surface area contributed by atoms with Gasteiger partial charge in [-0.3, -0.25) is 4.79 Å². The van der Waals surface area contributed by atoms with Crippen molar-refractivity contribution in [2.45, 2.75) is 31.7 Å². The topological polar surface area (TPSA) is 126 Å². The maximum atomic E-state index is 14.2. The Balaban J connectivity index is 1.54. The Morgan fingerprint density at radius 1 is 1.27 bits per heavy atom. The summed E-state index contributed by atoms with van der Waals surface area (Å²) in [4.78, 5) is 27.5. The summed E-state index contributed by atoms with van der Waals surface area (Å²) in [5.74, 6) is -1.87. The fourth-order valence-corrected chi connectivity index (χ4v) is 4.25. The van der Waals surface area contributed by atoms with Gasteiger partial charge in [0.05, 0.1) is 10.9 Å². The van der Waals surface area contributed by atoms with E-state index in [1.54, 1.807) is 17.0 Å². The number of amides is 1. The molecule has 11 heteroatoms. The Morgan fingerprint density at radius 2 is 2.09 bits per heavy atom. The van der Waals surface area contributed by atoms with Crippen LogP contribution in [0.15, 0.2) is 30.5 Å². The standard InChI is InChI=1S/C22H18F2N8O/c1-11-4-5-13(10-31(11)21(33)17-12(9-25)3-2-6-27-17)19-29-20-15-7-14(23)8-16(24)18(15)28-22(26)32(20)30-19/h2-3,6-8,11,13H,4-5,10H2,1H3,(H2,26,28)/t11-,13+/m0/s1. The summed E-state index contributed by atoms with van der Waals surface area (Å²) in [7, 11) is 0. The minimum absolute atomic E-state index is 0.0740. The molecule has 4 aromatic rings. The number of hydrogen-bond donors (Lipinski definition) is 1. The number of rotatable bonds is 2. The van der Waals surface area contributed by atoms with Crippen molar-refractivity contribution in [3.8, 4) is 6.07 Å². The molecule has 1 fully saturated rings. The Labute approximate surface area is 186 Å². The van der Waals surface area contributed by atoms with Crippen molar-refractivity contribution in [2.24, 2.45) is 0 Å². The first kappa shape index (κ1) is 20.7. The third-order valence-electron chi connectivity index (χ3n) is 5.97. The highest BCUT2D eigenvalue weighted by Crippen LogP contribution is 2.31. The molecule has 0 radical (unpaired) electrons. The third-order valence-corrected chi connectivity index (χ3v) is 5.97.